The number of thioether (sulfide) groups is 1. The SMILES string of the molecule is CCc1nc(Sc2nc(CSc3ccccc3)nc3sc4c(c23)CCC4)n[nH]1. The van der Waals surface area contributed by atoms with E-state index in [4.69, 9.17) is 9.97 Å². The molecule has 1 aliphatic carbocycles. The zero-order valence-electron chi connectivity index (χ0n) is 15.4. The van der Waals surface area contributed by atoms with Gasteiger partial charge in [0.2, 0.25) is 5.16 Å². The number of fused-ring (bicyclic) bond motifs is 3. The van der Waals surface area contributed by atoms with Crippen LogP contribution in [0.15, 0.2) is 45.4 Å². The number of H-pyrrole nitrogens is 1. The molecule has 1 aromatic carbocycles. The van der Waals surface area contributed by atoms with Gasteiger partial charge in [0.25, 0.3) is 0 Å². The van der Waals surface area contributed by atoms with Crippen LogP contribution in [-0.2, 0) is 25.0 Å². The average Bonchev–Trinajstić information content (AvgIpc) is 3.43. The van der Waals surface area contributed by atoms with Gasteiger partial charge in [-0.1, -0.05) is 25.1 Å². The van der Waals surface area contributed by atoms with Crippen LogP contribution in [0, 0.1) is 0 Å². The van der Waals surface area contributed by atoms with Crippen molar-refractivity contribution in [2.45, 2.75) is 53.4 Å². The van der Waals surface area contributed by atoms with E-state index in [-0.39, 0.29) is 0 Å². The largest absolute Gasteiger partial charge is 0.262 e. The lowest BCUT2D eigenvalue weighted by molar-refractivity contribution is 0.912. The van der Waals surface area contributed by atoms with Crippen molar-refractivity contribution in [3.05, 3.63) is 52.4 Å². The minimum absolute atomic E-state index is 0.733. The Morgan fingerprint density at radius 2 is 2.00 bits per heavy atom. The molecule has 1 aliphatic rings. The van der Waals surface area contributed by atoms with Gasteiger partial charge in [-0.05, 0) is 48.7 Å². The van der Waals surface area contributed by atoms with Crippen LogP contribution in [0.4, 0.5) is 0 Å². The zero-order valence-corrected chi connectivity index (χ0v) is 17.9. The number of aromatic nitrogens is 5. The minimum Gasteiger partial charge on any atom is -0.262 e. The molecule has 4 aromatic rings. The van der Waals surface area contributed by atoms with Gasteiger partial charge in [-0.15, -0.1) is 28.2 Å². The molecule has 28 heavy (non-hydrogen) atoms. The van der Waals surface area contributed by atoms with Crippen molar-refractivity contribution in [2.75, 3.05) is 0 Å². The summed E-state index contributed by atoms with van der Waals surface area (Å²) in [5, 5.41) is 10.3. The molecule has 0 amide bonds. The fourth-order valence-electron chi connectivity index (χ4n) is 3.38. The summed E-state index contributed by atoms with van der Waals surface area (Å²) < 4.78 is 0. The van der Waals surface area contributed by atoms with Crippen LogP contribution in [0.2, 0.25) is 0 Å². The number of nitrogens with zero attached hydrogens (tertiary/aromatic N) is 4. The molecule has 0 radical (unpaired) electrons. The standard InChI is InChI=1S/C20H19N5S3/c1-2-15-23-20(25-24-15)28-19-17-13-9-6-10-14(13)27-18(17)21-16(22-19)11-26-12-7-4-3-5-8-12/h3-5,7-8H,2,6,9-11H2,1H3,(H,23,24,25). The summed E-state index contributed by atoms with van der Waals surface area (Å²) in [5.41, 5.74) is 1.44. The van der Waals surface area contributed by atoms with Crippen LogP contribution in [0.3, 0.4) is 0 Å². The van der Waals surface area contributed by atoms with Crippen LogP contribution in [0.5, 0.6) is 0 Å². The lowest BCUT2D eigenvalue weighted by Crippen LogP contribution is -1.96. The van der Waals surface area contributed by atoms with E-state index >= 15 is 0 Å². The summed E-state index contributed by atoms with van der Waals surface area (Å²) >= 11 is 5.16. The molecule has 3 heterocycles. The number of hydrogen-bond donors (Lipinski definition) is 1. The van der Waals surface area contributed by atoms with Crippen LogP contribution < -0.4 is 0 Å². The summed E-state index contributed by atoms with van der Waals surface area (Å²) in [6.45, 7) is 2.07. The molecular formula is C20H19N5S3. The maximum Gasteiger partial charge on any atom is 0.214 e. The zero-order chi connectivity index (χ0) is 18.9. The van der Waals surface area contributed by atoms with Gasteiger partial charge in [-0.3, -0.25) is 5.10 Å². The Bertz CT molecular complexity index is 1120. The molecule has 0 bridgehead atoms. The maximum absolute atomic E-state index is 4.94. The van der Waals surface area contributed by atoms with E-state index in [1.807, 2.05) is 17.4 Å². The minimum atomic E-state index is 0.733. The topological polar surface area (TPSA) is 67.3 Å². The number of thiophene rings is 1. The highest BCUT2D eigenvalue weighted by atomic mass is 32.2. The number of benzene rings is 1. The second-order valence-electron chi connectivity index (χ2n) is 6.60. The lowest BCUT2D eigenvalue weighted by atomic mass is 10.2. The summed E-state index contributed by atoms with van der Waals surface area (Å²) in [6, 6.07) is 10.4. The molecule has 0 saturated carbocycles. The first-order valence-corrected chi connectivity index (χ1v) is 12.0. The number of aryl methyl sites for hydroxylation is 3. The third-order valence-electron chi connectivity index (χ3n) is 4.72. The van der Waals surface area contributed by atoms with Crippen molar-refractivity contribution in [2.24, 2.45) is 0 Å². The van der Waals surface area contributed by atoms with Gasteiger partial charge < -0.3 is 0 Å². The second-order valence-corrected chi connectivity index (χ2v) is 9.69. The second kappa shape index (κ2) is 7.85. The monoisotopic (exact) mass is 425 g/mol. The number of hydrogen-bond acceptors (Lipinski definition) is 7. The van der Waals surface area contributed by atoms with Crippen molar-refractivity contribution in [1.82, 2.24) is 25.1 Å². The number of nitrogens with one attached hydrogen (secondary N) is 1. The molecule has 1 N–H and O–H groups in total. The first kappa shape index (κ1) is 18.1. The van der Waals surface area contributed by atoms with Crippen LogP contribution in [0.1, 0.15) is 35.4 Å². The molecule has 5 rings (SSSR count). The van der Waals surface area contributed by atoms with E-state index in [0.29, 0.717) is 0 Å². The molecule has 0 saturated heterocycles. The quantitative estimate of drug-likeness (QED) is 0.334. The van der Waals surface area contributed by atoms with Crippen molar-refractivity contribution < 1.29 is 0 Å². The van der Waals surface area contributed by atoms with Crippen molar-refractivity contribution in [3.63, 3.8) is 0 Å². The van der Waals surface area contributed by atoms with Crippen molar-refractivity contribution in [1.29, 1.82) is 0 Å². The van der Waals surface area contributed by atoms with Crippen molar-refractivity contribution >= 4 is 45.1 Å². The smallest absolute Gasteiger partial charge is 0.214 e. The molecule has 3 aromatic heterocycles. The summed E-state index contributed by atoms with van der Waals surface area (Å²) in [5.74, 6) is 2.53. The van der Waals surface area contributed by atoms with Crippen molar-refractivity contribution in [3.8, 4) is 0 Å². The molecule has 5 nitrogen and oxygen atoms in total. The van der Waals surface area contributed by atoms with E-state index in [2.05, 4.69) is 46.4 Å². The summed E-state index contributed by atoms with van der Waals surface area (Å²) in [7, 11) is 0. The number of aromatic amines is 1. The highest BCUT2D eigenvalue weighted by Gasteiger charge is 2.23. The van der Waals surface area contributed by atoms with E-state index in [9.17, 15) is 0 Å². The fraction of sp³-hybridized carbons (Fsp3) is 0.300. The highest BCUT2D eigenvalue weighted by Crippen LogP contribution is 2.42. The molecule has 0 fully saturated rings. The van der Waals surface area contributed by atoms with Crippen LogP contribution >= 0.6 is 34.9 Å². The van der Waals surface area contributed by atoms with E-state index in [1.54, 1.807) is 23.5 Å². The highest BCUT2D eigenvalue weighted by molar-refractivity contribution is 7.99. The van der Waals surface area contributed by atoms with Gasteiger partial charge >= 0.3 is 0 Å². The van der Waals surface area contributed by atoms with Crippen LogP contribution in [0.25, 0.3) is 10.2 Å². The van der Waals surface area contributed by atoms with E-state index < -0.39 is 0 Å². The number of rotatable bonds is 6. The molecule has 0 aliphatic heterocycles. The summed E-state index contributed by atoms with van der Waals surface area (Å²) in [4.78, 5) is 18.2. The van der Waals surface area contributed by atoms with Gasteiger partial charge in [0.1, 0.15) is 21.5 Å². The molecule has 8 heteroatoms. The first-order valence-electron chi connectivity index (χ1n) is 9.38. The predicted octanol–water partition coefficient (Wildman–Crippen LogP) is 5.30. The molecular weight excluding hydrogens is 406 g/mol. The summed E-state index contributed by atoms with van der Waals surface area (Å²) in [6.07, 6.45) is 4.36. The average molecular weight is 426 g/mol. The van der Waals surface area contributed by atoms with Gasteiger partial charge in [0, 0.05) is 21.6 Å². The molecule has 0 spiro atoms. The molecule has 0 atom stereocenters. The molecule has 142 valence electrons. The van der Waals surface area contributed by atoms with Gasteiger partial charge in [-0.25, -0.2) is 15.0 Å². The van der Waals surface area contributed by atoms with Gasteiger partial charge in [-0.2, -0.15) is 0 Å². The Morgan fingerprint density at radius 1 is 1.11 bits per heavy atom. The normalized spacial score (nSPS) is 13.3. The third-order valence-corrected chi connectivity index (χ3v) is 7.77. The Morgan fingerprint density at radius 3 is 2.82 bits per heavy atom. The maximum atomic E-state index is 4.94. The fourth-order valence-corrected chi connectivity index (χ4v) is 6.39. The van der Waals surface area contributed by atoms with E-state index in [0.717, 1.165) is 51.7 Å². The predicted molar refractivity (Wildman–Crippen MR) is 115 cm³/mol. The Balaban J connectivity index is 1.51. The van der Waals surface area contributed by atoms with Crippen LogP contribution in [-0.4, -0.2) is 25.1 Å². The van der Waals surface area contributed by atoms with E-state index in [1.165, 1.54) is 27.1 Å². The Kier molecular flexibility index (Phi) is 5.09. The lowest BCUT2D eigenvalue weighted by Gasteiger charge is -2.06. The van der Waals surface area contributed by atoms with Gasteiger partial charge in [0.15, 0.2) is 0 Å². The van der Waals surface area contributed by atoms with Gasteiger partial charge in [0.05, 0.1) is 5.75 Å². The third kappa shape index (κ3) is 3.56. The Labute approximate surface area is 175 Å². The molecule has 0 unspecified atom stereocenters. The first-order chi connectivity index (χ1) is 13.8. The Hall–Kier alpha value is -1.90.